The highest BCUT2D eigenvalue weighted by Gasteiger charge is 2.25. The Hall–Kier alpha value is -4.07. The molecule has 0 fully saturated rings. The first-order chi connectivity index (χ1) is 14.9. The zero-order chi connectivity index (χ0) is 22.4. The van der Waals surface area contributed by atoms with E-state index in [1.165, 1.54) is 19.2 Å². The summed E-state index contributed by atoms with van der Waals surface area (Å²) in [4.78, 5) is 23.9. The monoisotopic (exact) mass is 422 g/mol. The number of anilines is 1. The van der Waals surface area contributed by atoms with Crippen LogP contribution in [0.4, 0.5) is 11.4 Å². The molecule has 0 atom stereocenters. The van der Waals surface area contributed by atoms with Crippen molar-refractivity contribution in [3.8, 4) is 23.0 Å². The number of benzene rings is 3. The molecule has 0 saturated carbocycles. The molecule has 1 N–H and O–H groups in total. The van der Waals surface area contributed by atoms with E-state index in [1.807, 2.05) is 31.2 Å². The molecule has 0 saturated heterocycles. The average Bonchev–Trinajstić information content (AvgIpc) is 2.76. The third-order valence-electron chi connectivity index (χ3n) is 4.41. The molecule has 160 valence electrons. The van der Waals surface area contributed by atoms with E-state index in [2.05, 4.69) is 5.32 Å². The van der Waals surface area contributed by atoms with Gasteiger partial charge in [-0.1, -0.05) is 29.8 Å². The average molecular weight is 422 g/mol. The Bertz CT molecular complexity index is 1100. The zero-order valence-electron chi connectivity index (χ0n) is 17.4. The molecule has 3 aromatic rings. The molecule has 0 bridgehead atoms. The summed E-state index contributed by atoms with van der Waals surface area (Å²) in [6.45, 7) is 4.04. The van der Waals surface area contributed by atoms with Crippen LogP contribution in [-0.4, -0.2) is 24.5 Å². The normalized spacial score (nSPS) is 10.3. The van der Waals surface area contributed by atoms with Gasteiger partial charge in [0.25, 0.3) is 11.6 Å². The molecule has 0 heterocycles. The molecule has 31 heavy (non-hydrogen) atoms. The second-order valence-corrected chi connectivity index (χ2v) is 6.58. The standard InChI is InChI=1S/C23H22N2O6/c1-4-30-22-13-17(19(25(27)28)14-21(22)29-3)23(26)24-18-7-5-6-8-20(18)31-16-11-9-15(2)10-12-16/h5-14H,4H2,1-3H3,(H,24,26). The van der Waals surface area contributed by atoms with Crippen LogP contribution in [0.2, 0.25) is 0 Å². The lowest BCUT2D eigenvalue weighted by Crippen LogP contribution is -2.15. The fraction of sp³-hybridized carbons (Fsp3) is 0.174. The van der Waals surface area contributed by atoms with Gasteiger partial charge in [-0.3, -0.25) is 14.9 Å². The number of aryl methyl sites for hydroxylation is 1. The van der Waals surface area contributed by atoms with E-state index in [4.69, 9.17) is 14.2 Å². The van der Waals surface area contributed by atoms with Crippen molar-refractivity contribution in [1.29, 1.82) is 0 Å². The number of hydrogen-bond donors (Lipinski definition) is 1. The van der Waals surface area contributed by atoms with Crippen LogP contribution in [0.25, 0.3) is 0 Å². The summed E-state index contributed by atoms with van der Waals surface area (Å²) in [6, 6.07) is 16.8. The number of nitro groups is 1. The highest BCUT2D eigenvalue weighted by Crippen LogP contribution is 2.36. The Morgan fingerprint density at radius 2 is 1.74 bits per heavy atom. The lowest BCUT2D eigenvalue weighted by Gasteiger charge is -2.14. The number of nitrogens with one attached hydrogen (secondary N) is 1. The van der Waals surface area contributed by atoms with Crippen molar-refractivity contribution < 1.29 is 23.9 Å². The Balaban J connectivity index is 1.93. The number of rotatable bonds is 8. The van der Waals surface area contributed by atoms with E-state index >= 15 is 0 Å². The van der Waals surface area contributed by atoms with Gasteiger partial charge < -0.3 is 19.5 Å². The van der Waals surface area contributed by atoms with Gasteiger partial charge in [0.1, 0.15) is 11.3 Å². The van der Waals surface area contributed by atoms with E-state index < -0.39 is 16.5 Å². The van der Waals surface area contributed by atoms with Gasteiger partial charge in [0.15, 0.2) is 17.2 Å². The quantitative estimate of drug-likeness (QED) is 0.388. The molecule has 0 aliphatic carbocycles. The molecule has 0 aliphatic rings. The number of carbonyl (C=O) groups is 1. The Labute approximate surface area is 179 Å². The molecule has 0 spiro atoms. The lowest BCUT2D eigenvalue weighted by molar-refractivity contribution is -0.385. The second-order valence-electron chi connectivity index (χ2n) is 6.58. The highest BCUT2D eigenvalue weighted by molar-refractivity contribution is 6.08. The Kier molecular flexibility index (Phi) is 6.71. The van der Waals surface area contributed by atoms with Gasteiger partial charge in [0.05, 0.1) is 30.4 Å². The van der Waals surface area contributed by atoms with E-state index in [1.54, 1.807) is 31.2 Å². The molecule has 1 amide bonds. The molecule has 0 radical (unpaired) electrons. The molecule has 3 aromatic carbocycles. The van der Waals surface area contributed by atoms with E-state index in [9.17, 15) is 14.9 Å². The second kappa shape index (κ2) is 9.62. The van der Waals surface area contributed by atoms with Gasteiger partial charge in [0, 0.05) is 6.07 Å². The van der Waals surface area contributed by atoms with Crippen LogP contribution in [0.3, 0.4) is 0 Å². The van der Waals surface area contributed by atoms with Crippen molar-refractivity contribution in [1.82, 2.24) is 0 Å². The largest absolute Gasteiger partial charge is 0.493 e. The Morgan fingerprint density at radius 3 is 2.39 bits per heavy atom. The predicted molar refractivity (Wildman–Crippen MR) is 116 cm³/mol. The van der Waals surface area contributed by atoms with Gasteiger partial charge >= 0.3 is 0 Å². The molecule has 0 aliphatic heterocycles. The fourth-order valence-corrected chi connectivity index (χ4v) is 2.89. The fourth-order valence-electron chi connectivity index (χ4n) is 2.89. The molecule has 8 heteroatoms. The van der Waals surface area contributed by atoms with E-state index in [-0.39, 0.29) is 17.1 Å². The molecular formula is C23H22N2O6. The van der Waals surface area contributed by atoms with Crippen molar-refractivity contribution in [2.75, 3.05) is 19.0 Å². The summed E-state index contributed by atoms with van der Waals surface area (Å²) in [5.41, 5.74) is 0.913. The first-order valence-corrected chi connectivity index (χ1v) is 9.57. The summed E-state index contributed by atoms with van der Waals surface area (Å²) in [7, 11) is 1.37. The van der Waals surface area contributed by atoms with Gasteiger partial charge in [-0.25, -0.2) is 0 Å². The maximum absolute atomic E-state index is 13.0. The molecule has 3 rings (SSSR count). The number of nitrogens with zero attached hydrogens (tertiary/aromatic N) is 1. The maximum atomic E-state index is 13.0. The van der Waals surface area contributed by atoms with Crippen LogP contribution >= 0.6 is 0 Å². The van der Waals surface area contributed by atoms with Crippen LogP contribution < -0.4 is 19.5 Å². The number of ether oxygens (including phenoxy) is 3. The van der Waals surface area contributed by atoms with Gasteiger partial charge in [-0.15, -0.1) is 0 Å². The third kappa shape index (κ3) is 5.11. The predicted octanol–water partition coefficient (Wildman–Crippen LogP) is 5.36. The van der Waals surface area contributed by atoms with Crippen LogP contribution in [0.15, 0.2) is 60.7 Å². The summed E-state index contributed by atoms with van der Waals surface area (Å²) >= 11 is 0. The van der Waals surface area contributed by atoms with Crippen molar-refractivity contribution in [2.45, 2.75) is 13.8 Å². The van der Waals surface area contributed by atoms with Crippen LogP contribution in [0.5, 0.6) is 23.0 Å². The van der Waals surface area contributed by atoms with Gasteiger partial charge in [-0.05, 0) is 38.1 Å². The summed E-state index contributed by atoms with van der Waals surface area (Å²) < 4.78 is 16.5. The molecule has 0 aromatic heterocycles. The number of amides is 1. The third-order valence-corrected chi connectivity index (χ3v) is 4.41. The van der Waals surface area contributed by atoms with Crippen molar-refractivity contribution >= 4 is 17.3 Å². The number of hydrogen-bond acceptors (Lipinski definition) is 6. The first-order valence-electron chi connectivity index (χ1n) is 9.57. The number of nitro benzene ring substituents is 1. The van der Waals surface area contributed by atoms with Crippen molar-refractivity contribution in [2.24, 2.45) is 0 Å². The molecule has 8 nitrogen and oxygen atoms in total. The lowest BCUT2D eigenvalue weighted by atomic mass is 10.1. The minimum Gasteiger partial charge on any atom is -0.493 e. The van der Waals surface area contributed by atoms with Crippen LogP contribution in [-0.2, 0) is 0 Å². The number of para-hydroxylation sites is 2. The summed E-state index contributed by atoms with van der Waals surface area (Å²) in [5, 5.41) is 14.3. The highest BCUT2D eigenvalue weighted by atomic mass is 16.6. The smallest absolute Gasteiger partial charge is 0.286 e. The van der Waals surface area contributed by atoms with Crippen molar-refractivity contribution in [3.05, 3.63) is 81.9 Å². The zero-order valence-corrected chi connectivity index (χ0v) is 17.4. The maximum Gasteiger partial charge on any atom is 0.286 e. The number of carbonyl (C=O) groups excluding carboxylic acids is 1. The van der Waals surface area contributed by atoms with Gasteiger partial charge in [0.2, 0.25) is 0 Å². The topological polar surface area (TPSA) is 99.9 Å². The van der Waals surface area contributed by atoms with E-state index in [0.717, 1.165) is 5.56 Å². The van der Waals surface area contributed by atoms with Gasteiger partial charge in [-0.2, -0.15) is 0 Å². The molecular weight excluding hydrogens is 400 g/mol. The van der Waals surface area contributed by atoms with Crippen LogP contribution in [0.1, 0.15) is 22.8 Å². The summed E-state index contributed by atoms with van der Waals surface area (Å²) in [5.74, 6) is 0.746. The summed E-state index contributed by atoms with van der Waals surface area (Å²) in [6.07, 6.45) is 0. The minimum absolute atomic E-state index is 0.153. The molecule has 0 unspecified atom stereocenters. The van der Waals surface area contributed by atoms with E-state index in [0.29, 0.717) is 23.8 Å². The first kappa shape index (κ1) is 21.6. The SMILES string of the molecule is CCOc1cc(C(=O)Nc2ccccc2Oc2ccc(C)cc2)c([N+](=O)[O-])cc1OC. The van der Waals surface area contributed by atoms with Crippen LogP contribution in [0, 0.1) is 17.0 Å². The Morgan fingerprint density at radius 1 is 1.03 bits per heavy atom. The number of methoxy groups -OCH3 is 1. The van der Waals surface area contributed by atoms with Crippen molar-refractivity contribution in [3.63, 3.8) is 0 Å². The minimum atomic E-state index is -0.671.